The van der Waals surface area contributed by atoms with Crippen LogP contribution in [0, 0.1) is 6.92 Å². The number of hydrogen-bond donors (Lipinski definition) is 0. The number of rotatable bonds is 1. The molecular weight excluding hydrogens is 262 g/mol. The van der Waals surface area contributed by atoms with Crippen LogP contribution in [-0.4, -0.2) is 43.0 Å². The molecule has 1 fully saturated rings. The van der Waals surface area contributed by atoms with E-state index in [1.165, 1.54) is 0 Å². The summed E-state index contributed by atoms with van der Waals surface area (Å²) in [5, 5.41) is 0.192. The predicted molar refractivity (Wildman–Crippen MR) is 67.3 cm³/mol. The second-order valence-corrected chi connectivity index (χ2v) is 6.78. The molecule has 5 nitrogen and oxygen atoms in total. The minimum absolute atomic E-state index is 0.175. The van der Waals surface area contributed by atoms with Crippen LogP contribution in [0.15, 0.2) is 6.20 Å². The zero-order valence-corrected chi connectivity index (χ0v) is 11.1. The van der Waals surface area contributed by atoms with Crippen molar-refractivity contribution in [2.24, 2.45) is 0 Å². The van der Waals surface area contributed by atoms with Gasteiger partial charge in [-0.3, -0.25) is 0 Å². The van der Waals surface area contributed by atoms with Crippen molar-refractivity contribution in [2.45, 2.75) is 13.3 Å². The summed E-state index contributed by atoms with van der Waals surface area (Å²) in [5.74, 6) is 1.16. The second kappa shape index (κ2) is 4.78. The molecule has 0 unspecified atom stereocenters. The zero-order valence-electron chi connectivity index (χ0n) is 9.56. The number of nitrogens with zero attached hydrogens (tertiary/aromatic N) is 3. The van der Waals surface area contributed by atoms with E-state index >= 15 is 0 Å². The van der Waals surface area contributed by atoms with Gasteiger partial charge in [0.25, 0.3) is 0 Å². The molecular formula is C10H14ClN3O2S. The largest absolute Gasteiger partial charge is 0.355 e. The maximum atomic E-state index is 11.5. The molecule has 2 rings (SSSR count). The Morgan fingerprint density at radius 1 is 1.35 bits per heavy atom. The van der Waals surface area contributed by atoms with Gasteiger partial charge >= 0.3 is 0 Å². The molecule has 0 saturated carbocycles. The highest BCUT2D eigenvalue weighted by Gasteiger charge is 2.21. The van der Waals surface area contributed by atoms with E-state index in [1.54, 1.807) is 6.20 Å². The van der Waals surface area contributed by atoms with Crippen LogP contribution >= 0.6 is 11.6 Å². The maximum absolute atomic E-state index is 11.5. The lowest BCUT2D eigenvalue weighted by Crippen LogP contribution is -2.28. The Bertz CT molecular complexity index is 518. The Labute approximate surface area is 106 Å². The van der Waals surface area contributed by atoms with E-state index in [9.17, 15) is 8.42 Å². The number of hydrogen-bond acceptors (Lipinski definition) is 5. The summed E-state index contributed by atoms with van der Waals surface area (Å²) < 4.78 is 23.0. The Morgan fingerprint density at radius 3 is 2.88 bits per heavy atom. The molecule has 0 aromatic carbocycles. The highest BCUT2D eigenvalue weighted by molar-refractivity contribution is 7.91. The SMILES string of the molecule is Cc1cnc(Cl)nc1N1CCCS(=O)(=O)CC1. The third-order valence-electron chi connectivity index (χ3n) is 2.77. The van der Waals surface area contributed by atoms with Crippen LogP contribution < -0.4 is 4.90 Å². The third kappa shape index (κ3) is 3.07. The molecule has 1 aliphatic heterocycles. The maximum Gasteiger partial charge on any atom is 0.224 e. The summed E-state index contributed by atoms with van der Waals surface area (Å²) in [6.07, 6.45) is 2.29. The van der Waals surface area contributed by atoms with Crippen molar-refractivity contribution in [3.05, 3.63) is 17.0 Å². The number of sulfone groups is 1. The highest BCUT2D eigenvalue weighted by Crippen LogP contribution is 2.20. The van der Waals surface area contributed by atoms with Crippen LogP contribution in [0.3, 0.4) is 0 Å². The average molecular weight is 276 g/mol. The lowest BCUT2D eigenvalue weighted by atomic mass is 10.3. The molecule has 2 heterocycles. The molecule has 0 N–H and O–H groups in total. The van der Waals surface area contributed by atoms with Crippen molar-refractivity contribution < 1.29 is 8.42 Å². The summed E-state index contributed by atoms with van der Waals surface area (Å²) in [5.41, 5.74) is 0.911. The first-order valence-electron chi connectivity index (χ1n) is 5.42. The van der Waals surface area contributed by atoms with Crippen molar-refractivity contribution in [1.29, 1.82) is 0 Å². The van der Waals surface area contributed by atoms with Gasteiger partial charge in [-0.25, -0.2) is 18.4 Å². The molecule has 0 aliphatic carbocycles. The summed E-state index contributed by atoms with van der Waals surface area (Å²) in [6, 6.07) is 0. The fourth-order valence-electron chi connectivity index (χ4n) is 1.88. The highest BCUT2D eigenvalue weighted by atomic mass is 35.5. The van der Waals surface area contributed by atoms with E-state index in [0.717, 1.165) is 11.4 Å². The van der Waals surface area contributed by atoms with E-state index in [-0.39, 0.29) is 16.8 Å². The van der Waals surface area contributed by atoms with E-state index in [0.29, 0.717) is 19.5 Å². The smallest absolute Gasteiger partial charge is 0.224 e. The van der Waals surface area contributed by atoms with Gasteiger partial charge in [0.15, 0.2) is 9.84 Å². The second-order valence-electron chi connectivity index (χ2n) is 4.14. The van der Waals surface area contributed by atoms with Gasteiger partial charge < -0.3 is 4.90 Å². The molecule has 7 heteroatoms. The third-order valence-corrected chi connectivity index (χ3v) is 4.67. The van der Waals surface area contributed by atoms with Crippen molar-refractivity contribution in [3.8, 4) is 0 Å². The van der Waals surface area contributed by atoms with Crippen LogP contribution in [0.4, 0.5) is 5.82 Å². The van der Waals surface area contributed by atoms with Crippen molar-refractivity contribution >= 4 is 27.3 Å². The van der Waals surface area contributed by atoms with Crippen LogP contribution in [0.1, 0.15) is 12.0 Å². The quantitative estimate of drug-likeness (QED) is 0.717. The first kappa shape index (κ1) is 12.6. The molecule has 1 aromatic rings. The Kier molecular flexibility index (Phi) is 3.53. The predicted octanol–water partition coefficient (Wildman–Crippen LogP) is 1.06. The fraction of sp³-hybridized carbons (Fsp3) is 0.600. The average Bonchev–Trinajstić information content (AvgIpc) is 2.43. The first-order valence-corrected chi connectivity index (χ1v) is 7.62. The number of halogens is 1. The Balaban J connectivity index is 2.25. The zero-order chi connectivity index (χ0) is 12.5. The topological polar surface area (TPSA) is 63.2 Å². The van der Waals surface area contributed by atoms with Gasteiger partial charge in [0.05, 0.1) is 11.5 Å². The molecule has 0 spiro atoms. The molecule has 1 saturated heterocycles. The van der Waals surface area contributed by atoms with Crippen LogP contribution in [0.5, 0.6) is 0 Å². The van der Waals surface area contributed by atoms with Crippen LogP contribution in [-0.2, 0) is 9.84 Å². The number of aromatic nitrogens is 2. The monoisotopic (exact) mass is 275 g/mol. The normalized spacial score (nSPS) is 20.0. The Hall–Kier alpha value is -0.880. The summed E-state index contributed by atoms with van der Waals surface area (Å²) >= 11 is 5.77. The van der Waals surface area contributed by atoms with Crippen LogP contribution in [0.25, 0.3) is 0 Å². The number of anilines is 1. The molecule has 0 radical (unpaired) electrons. The van der Waals surface area contributed by atoms with Crippen molar-refractivity contribution in [1.82, 2.24) is 9.97 Å². The van der Waals surface area contributed by atoms with Gasteiger partial charge in [-0.1, -0.05) is 0 Å². The molecule has 0 bridgehead atoms. The lowest BCUT2D eigenvalue weighted by Gasteiger charge is -2.22. The number of aryl methyl sites for hydroxylation is 1. The molecule has 1 aliphatic rings. The molecule has 17 heavy (non-hydrogen) atoms. The van der Waals surface area contributed by atoms with Gasteiger partial charge in [0.2, 0.25) is 5.28 Å². The fourth-order valence-corrected chi connectivity index (χ4v) is 3.28. The lowest BCUT2D eigenvalue weighted by molar-refractivity contribution is 0.597. The standard InChI is InChI=1S/C10H14ClN3O2S/c1-8-7-12-10(11)13-9(8)14-3-2-5-17(15,16)6-4-14/h7H,2-6H2,1H3. The van der Waals surface area contributed by atoms with E-state index in [4.69, 9.17) is 11.6 Å². The summed E-state index contributed by atoms with van der Waals surface area (Å²) in [4.78, 5) is 10.0. The molecule has 1 aromatic heterocycles. The van der Waals surface area contributed by atoms with Gasteiger partial charge in [-0.15, -0.1) is 0 Å². The molecule has 0 amide bonds. The van der Waals surface area contributed by atoms with Gasteiger partial charge in [0, 0.05) is 24.8 Å². The van der Waals surface area contributed by atoms with E-state index < -0.39 is 9.84 Å². The molecule has 94 valence electrons. The van der Waals surface area contributed by atoms with Crippen molar-refractivity contribution in [3.63, 3.8) is 0 Å². The minimum Gasteiger partial charge on any atom is -0.355 e. The first-order chi connectivity index (χ1) is 7.98. The van der Waals surface area contributed by atoms with Gasteiger partial charge in [0.1, 0.15) is 5.82 Å². The van der Waals surface area contributed by atoms with E-state index in [1.807, 2.05) is 11.8 Å². The van der Waals surface area contributed by atoms with Gasteiger partial charge in [-0.2, -0.15) is 0 Å². The van der Waals surface area contributed by atoms with E-state index in [2.05, 4.69) is 9.97 Å². The minimum atomic E-state index is -2.90. The van der Waals surface area contributed by atoms with Gasteiger partial charge in [-0.05, 0) is 24.9 Å². The van der Waals surface area contributed by atoms with Crippen LogP contribution in [0.2, 0.25) is 5.28 Å². The summed E-state index contributed by atoms with van der Waals surface area (Å²) in [7, 11) is -2.90. The summed E-state index contributed by atoms with van der Waals surface area (Å²) in [6.45, 7) is 3.05. The van der Waals surface area contributed by atoms with Crippen molar-refractivity contribution in [2.75, 3.05) is 29.5 Å². The Morgan fingerprint density at radius 2 is 2.12 bits per heavy atom. The molecule has 0 atom stereocenters.